The number of halogens is 2. The van der Waals surface area contributed by atoms with Gasteiger partial charge < -0.3 is 10.5 Å². The smallest absolute Gasteiger partial charge is 0.219 e. The van der Waals surface area contributed by atoms with E-state index in [1.807, 2.05) is 13.0 Å². The highest BCUT2D eigenvalue weighted by Crippen LogP contribution is 2.27. The Bertz CT molecular complexity index is 521. The zero-order valence-corrected chi connectivity index (χ0v) is 11.2. The molecule has 0 unspecified atom stereocenters. The molecule has 1 aromatic carbocycles. The maximum Gasteiger partial charge on any atom is 0.219 e. The number of pyridine rings is 1. The van der Waals surface area contributed by atoms with Gasteiger partial charge in [0.15, 0.2) is 0 Å². The second-order valence-electron chi connectivity index (χ2n) is 3.93. The van der Waals surface area contributed by atoms with Gasteiger partial charge >= 0.3 is 0 Å². The molecular weight excluding hydrogens is 271 g/mol. The molecule has 0 saturated carbocycles. The molecule has 1 heterocycles. The van der Waals surface area contributed by atoms with Crippen LogP contribution in [0.3, 0.4) is 0 Å². The SMILES string of the molecule is C[C@H](N)c1ccc(Oc2cc(Cl)cc(Cl)c2)nc1. The highest BCUT2D eigenvalue weighted by molar-refractivity contribution is 6.34. The van der Waals surface area contributed by atoms with Crippen LogP contribution in [0, 0.1) is 0 Å². The van der Waals surface area contributed by atoms with Gasteiger partial charge in [-0.15, -0.1) is 0 Å². The Morgan fingerprint density at radius 3 is 2.33 bits per heavy atom. The van der Waals surface area contributed by atoms with Gasteiger partial charge in [0.05, 0.1) is 0 Å². The van der Waals surface area contributed by atoms with Gasteiger partial charge in [0.25, 0.3) is 0 Å². The van der Waals surface area contributed by atoms with E-state index in [0.29, 0.717) is 21.7 Å². The van der Waals surface area contributed by atoms with Crippen molar-refractivity contribution < 1.29 is 4.74 Å². The standard InChI is InChI=1S/C13H12Cl2N2O/c1-8(16)9-2-3-13(17-7-9)18-12-5-10(14)4-11(15)6-12/h2-8H,16H2,1H3/t8-/m0/s1. The Morgan fingerprint density at radius 1 is 1.17 bits per heavy atom. The summed E-state index contributed by atoms with van der Waals surface area (Å²) >= 11 is 11.8. The number of hydrogen-bond donors (Lipinski definition) is 1. The summed E-state index contributed by atoms with van der Waals surface area (Å²) in [5.41, 5.74) is 6.69. The van der Waals surface area contributed by atoms with E-state index < -0.39 is 0 Å². The van der Waals surface area contributed by atoms with Gasteiger partial charge in [0, 0.05) is 28.4 Å². The summed E-state index contributed by atoms with van der Waals surface area (Å²) < 4.78 is 5.55. The number of nitrogens with zero attached hydrogens (tertiary/aromatic N) is 1. The Morgan fingerprint density at radius 2 is 1.83 bits per heavy atom. The lowest BCUT2D eigenvalue weighted by Crippen LogP contribution is -2.05. The average molecular weight is 283 g/mol. The Hall–Kier alpha value is -1.29. The van der Waals surface area contributed by atoms with Gasteiger partial charge in [-0.3, -0.25) is 0 Å². The molecule has 5 heteroatoms. The first-order valence-electron chi connectivity index (χ1n) is 5.40. The van der Waals surface area contributed by atoms with Crippen molar-refractivity contribution in [2.45, 2.75) is 13.0 Å². The summed E-state index contributed by atoms with van der Waals surface area (Å²) in [6.07, 6.45) is 1.69. The second kappa shape index (κ2) is 5.57. The van der Waals surface area contributed by atoms with Crippen LogP contribution in [0.2, 0.25) is 10.0 Å². The van der Waals surface area contributed by atoms with E-state index in [2.05, 4.69) is 4.98 Å². The minimum atomic E-state index is -0.0489. The Labute approximate surface area is 115 Å². The van der Waals surface area contributed by atoms with Crippen LogP contribution in [0.1, 0.15) is 18.5 Å². The molecule has 94 valence electrons. The summed E-state index contributed by atoms with van der Waals surface area (Å²) in [7, 11) is 0. The first kappa shape index (κ1) is 13.1. The van der Waals surface area contributed by atoms with Crippen molar-refractivity contribution in [3.05, 3.63) is 52.1 Å². The van der Waals surface area contributed by atoms with Gasteiger partial charge in [-0.05, 0) is 30.7 Å². The lowest BCUT2D eigenvalue weighted by Gasteiger charge is -2.08. The molecule has 1 atom stereocenters. The molecule has 2 N–H and O–H groups in total. The number of nitrogens with two attached hydrogens (primary N) is 1. The van der Waals surface area contributed by atoms with Gasteiger partial charge in [0.1, 0.15) is 5.75 Å². The maximum absolute atomic E-state index is 5.88. The van der Waals surface area contributed by atoms with Crippen LogP contribution in [-0.4, -0.2) is 4.98 Å². The Balaban J connectivity index is 2.18. The molecule has 0 aliphatic carbocycles. The number of benzene rings is 1. The predicted octanol–water partition coefficient (Wildman–Crippen LogP) is 4.20. The fourth-order valence-corrected chi connectivity index (χ4v) is 1.94. The second-order valence-corrected chi connectivity index (χ2v) is 4.80. The minimum absolute atomic E-state index is 0.0489. The zero-order valence-electron chi connectivity index (χ0n) is 9.73. The van der Waals surface area contributed by atoms with E-state index >= 15 is 0 Å². The summed E-state index contributed by atoms with van der Waals surface area (Å²) in [6.45, 7) is 1.90. The molecule has 0 saturated heterocycles. The van der Waals surface area contributed by atoms with E-state index in [0.717, 1.165) is 5.56 Å². The molecule has 0 bridgehead atoms. The van der Waals surface area contributed by atoms with Crippen molar-refractivity contribution in [2.75, 3.05) is 0 Å². The fraction of sp³-hybridized carbons (Fsp3) is 0.154. The van der Waals surface area contributed by atoms with E-state index in [9.17, 15) is 0 Å². The van der Waals surface area contributed by atoms with Crippen molar-refractivity contribution in [2.24, 2.45) is 5.73 Å². The molecule has 1 aromatic heterocycles. The fourth-order valence-electron chi connectivity index (χ4n) is 1.43. The van der Waals surface area contributed by atoms with Gasteiger partial charge in [-0.1, -0.05) is 29.3 Å². The van der Waals surface area contributed by atoms with Crippen LogP contribution in [0.4, 0.5) is 0 Å². The van der Waals surface area contributed by atoms with E-state index in [4.69, 9.17) is 33.7 Å². The van der Waals surface area contributed by atoms with Crippen molar-refractivity contribution >= 4 is 23.2 Å². The number of ether oxygens (including phenoxy) is 1. The lowest BCUT2D eigenvalue weighted by atomic mass is 10.2. The van der Waals surface area contributed by atoms with Crippen molar-refractivity contribution in [3.63, 3.8) is 0 Å². The molecule has 0 aliphatic rings. The van der Waals surface area contributed by atoms with Crippen LogP contribution in [0.25, 0.3) is 0 Å². The first-order chi connectivity index (χ1) is 8.54. The van der Waals surface area contributed by atoms with Crippen molar-refractivity contribution in [3.8, 4) is 11.6 Å². The third-order valence-corrected chi connectivity index (χ3v) is 2.78. The van der Waals surface area contributed by atoms with Crippen LogP contribution >= 0.6 is 23.2 Å². The molecule has 2 rings (SSSR count). The Kier molecular flexibility index (Phi) is 4.07. The predicted molar refractivity (Wildman–Crippen MR) is 73.4 cm³/mol. The maximum atomic E-state index is 5.88. The van der Waals surface area contributed by atoms with Crippen molar-refractivity contribution in [1.29, 1.82) is 0 Å². The summed E-state index contributed by atoms with van der Waals surface area (Å²) in [5.74, 6) is 1.02. The summed E-state index contributed by atoms with van der Waals surface area (Å²) in [4.78, 5) is 4.17. The number of hydrogen-bond acceptors (Lipinski definition) is 3. The molecule has 0 radical (unpaired) electrons. The third-order valence-electron chi connectivity index (χ3n) is 2.34. The van der Waals surface area contributed by atoms with Gasteiger partial charge in [-0.2, -0.15) is 0 Å². The molecule has 18 heavy (non-hydrogen) atoms. The molecular formula is C13H12Cl2N2O. The number of aromatic nitrogens is 1. The summed E-state index contributed by atoms with van der Waals surface area (Å²) in [6, 6.07) is 8.57. The van der Waals surface area contributed by atoms with Gasteiger partial charge in [-0.25, -0.2) is 4.98 Å². The average Bonchev–Trinajstić information content (AvgIpc) is 2.28. The van der Waals surface area contributed by atoms with E-state index in [1.54, 1.807) is 30.5 Å². The van der Waals surface area contributed by atoms with Crippen LogP contribution in [-0.2, 0) is 0 Å². The zero-order chi connectivity index (χ0) is 13.1. The van der Waals surface area contributed by atoms with E-state index in [1.165, 1.54) is 0 Å². The normalized spacial score (nSPS) is 12.2. The number of rotatable bonds is 3. The molecule has 0 aliphatic heterocycles. The van der Waals surface area contributed by atoms with Crippen LogP contribution < -0.4 is 10.5 Å². The summed E-state index contributed by atoms with van der Waals surface area (Å²) in [5, 5.41) is 1.04. The molecule has 2 aromatic rings. The largest absolute Gasteiger partial charge is 0.439 e. The van der Waals surface area contributed by atoms with Crippen LogP contribution in [0.5, 0.6) is 11.6 Å². The minimum Gasteiger partial charge on any atom is -0.439 e. The topological polar surface area (TPSA) is 48.1 Å². The van der Waals surface area contributed by atoms with Gasteiger partial charge in [0.2, 0.25) is 5.88 Å². The monoisotopic (exact) mass is 282 g/mol. The molecule has 3 nitrogen and oxygen atoms in total. The molecule has 0 fully saturated rings. The van der Waals surface area contributed by atoms with Crippen molar-refractivity contribution in [1.82, 2.24) is 4.98 Å². The molecule has 0 spiro atoms. The third kappa shape index (κ3) is 3.35. The highest BCUT2D eigenvalue weighted by atomic mass is 35.5. The molecule has 0 amide bonds. The van der Waals surface area contributed by atoms with E-state index in [-0.39, 0.29) is 6.04 Å². The first-order valence-corrected chi connectivity index (χ1v) is 6.15. The quantitative estimate of drug-likeness (QED) is 0.918. The van der Waals surface area contributed by atoms with Crippen LogP contribution in [0.15, 0.2) is 36.5 Å². The highest BCUT2D eigenvalue weighted by Gasteiger charge is 2.04. The lowest BCUT2D eigenvalue weighted by molar-refractivity contribution is 0.462.